The molecule has 0 aliphatic rings. The summed E-state index contributed by atoms with van der Waals surface area (Å²) in [6.07, 6.45) is 2.68. The molecule has 0 saturated heterocycles. The Hall–Kier alpha value is -1.19. The molecule has 0 saturated carbocycles. The number of nitrogens with zero attached hydrogens (tertiary/aromatic N) is 1. The van der Waals surface area contributed by atoms with Crippen molar-refractivity contribution in [3.05, 3.63) is 11.9 Å². The SMILES string of the molecule is Cn1cc(CCC(=O)O)[nH]1. The molecule has 0 amide bonds. The van der Waals surface area contributed by atoms with Gasteiger partial charge in [0, 0.05) is 25.4 Å². The van der Waals surface area contributed by atoms with Crippen molar-refractivity contribution in [2.45, 2.75) is 12.8 Å². The molecule has 1 heterocycles. The topological polar surface area (TPSA) is 58.0 Å². The maximum atomic E-state index is 10.1. The van der Waals surface area contributed by atoms with Crippen molar-refractivity contribution in [1.29, 1.82) is 0 Å². The molecule has 4 heteroatoms. The fourth-order valence-electron chi connectivity index (χ4n) is 0.817. The molecular weight excluding hydrogens is 132 g/mol. The van der Waals surface area contributed by atoms with Gasteiger partial charge >= 0.3 is 5.97 Å². The van der Waals surface area contributed by atoms with Crippen molar-refractivity contribution in [2.75, 3.05) is 0 Å². The Morgan fingerprint density at radius 2 is 2.50 bits per heavy atom. The number of hydrogen-bond acceptors (Lipinski definition) is 1. The second-order valence-electron chi connectivity index (χ2n) is 2.27. The number of aromatic nitrogens is 2. The Kier molecular flexibility index (Phi) is 1.80. The summed E-state index contributed by atoms with van der Waals surface area (Å²) in [4.78, 5) is 10.1. The van der Waals surface area contributed by atoms with Crippen molar-refractivity contribution in [3.8, 4) is 0 Å². The highest BCUT2D eigenvalue weighted by Crippen LogP contribution is 1.99. The first-order chi connectivity index (χ1) is 4.68. The third-order valence-electron chi connectivity index (χ3n) is 1.28. The average molecular weight is 142 g/mol. The number of aryl methyl sites for hydroxylation is 2. The normalized spacial score (nSPS) is 10.1. The lowest BCUT2D eigenvalue weighted by Crippen LogP contribution is -2.10. The van der Waals surface area contributed by atoms with Gasteiger partial charge in [-0.1, -0.05) is 0 Å². The van der Waals surface area contributed by atoms with Gasteiger partial charge in [-0.15, -0.1) is 0 Å². The van der Waals surface area contributed by atoms with E-state index in [0.29, 0.717) is 6.42 Å². The van der Waals surface area contributed by atoms with Crippen LogP contribution in [-0.2, 0) is 18.3 Å². The highest BCUT2D eigenvalue weighted by atomic mass is 16.4. The van der Waals surface area contributed by atoms with Crippen LogP contribution in [0.5, 0.6) is 0 Å². The van der Waals surface area contributed by atoms with Crippen LogP contribution in [0.4, 0.5) is 0 Å². The minimum atomic E-state index is -0.753. The van der Waals surface area contributed by atoms with Gasteiger partial charge in [0.1, 0.15) is 0 Å². The number of H-pyrrole nitrogens is 1. The first kappa shape index (κ1) is 6.92. The Balaban J connectivity index is 2.25. The molecule has 1 rings (SSSR count). The Bertz CT molecular complexity index is 212. The third-order valence-corrected chi connectivity index (χ3v) is 1.28. The summed E-state index contributed by atoms with van der Waals surface area (Å²) in [5.41, 5.74) is 0.991. The molecule has 0 radical (unpaired) electrons. The second-order valence-corrected chi connectivity index (χ2v) is 2.27. The van der Waals surface area contributed by atoms with Crippen LogP contribution in [0.2, 0.25) is 0 Å². The molecule has 0 unspecified atom stereocenters. The fraction of sp³-hybridized carbons (Fsp3) is 0.500. The summed E-state index contributed by atoms with van der Waals surface area (Å²) >= 11 is 0. The molecule has 4 nitrogen and oxygen atoms in total. The number of carboxylic acids is 1. The first-order valence-electron chi connectivity index (χ1n) is 3.10. The van der Waals surface area contributed by atoms with E-state index in [-0.39, 0.29) is 6.42 Å². The van der Waals surface area contributed by atoms with Gasteiger partial charge in [-0.05, 0) is 0 Å². The monoisotopic (exact) mass is 142 g/mol. The lowest BCUT2D eigenvalue weighted by molar-refractivity contribution is -0.137. The number of hydrogen-bond donors (Lipinski definition) is 2. The lowest BCUT2D eigenvalue weighted by atomic mass is 10.2. The van der Waals surface area contributed by atoms with Crippen LogP contribution in [0.1, 0.15) is 12.1 Å². The quantitative estimate of drug-likeness (QED) is 0.640. The fourth-order valence-corrected chi connectivity index (χ4v) is 0.817. The van der Waals surface area contributed by atoms with Crippen LogP contribution in [0, 0.1) is 0 Å². The van der Waals surface area contributed by atoms with Gasteiger partial charge in [0.25, 0.3) is 0 Å². The number of nitrogens with one attached hydrogen (secondary N) is 1. The number of rotatable bonds is 3. The van der Waals surface area contributed by atoms with E-state index in [2.05, 4.69) is 5.10 Å². The molecule has 10 heavy (non-hydrogen) atoms. The molecule has 0 spiro atoms. The molecule has 0 aliphatic carbocycles. The van der Waals surface area contributed by atoms with Crippen LogP contribution in [0.25, 0.3) is 0 Å². The van der Waals surface area contributed by atoms with Gasteiger partial charge < -0.3 is 10.2 Å². The van der Waals surface area contributed by atoms with E-state index in [1.54, 1.807) is 4.68 Å². The van der Waals surface area contributed by atoms with Crippen LogP contribution in [0.3, 0.4) is 0 Å². The zero-order valence-corrected chi connectivity index (χ0v) is 5.79. The zero-order valence-electron chi connectivity index (χ0n) is 5.79. The molecule has 1 aromatic rings. The van der Waals surface area contributed by atoms with E-state index in [9.17, 15) is 4.79 Å². The van der Waals surface area contributed by atoms with E-state index in [0.717, 1.165) is 5.69 Å². The Labute approximate surface area is 58.4 Å². The van der Waals surface area contributed by atoms with Crippen molar-refractivity contribution in [1.82, 2.24) is 9.78 Å². The van der Waals surface area contributed by atoms with E-state index in [4.69, 9.17) is 5.11 Å². The van der Waals surface area contributed by atoms with Crippen LogP contribution in [0.15, 0.2) is 6.20 Å². The summed E-state index contributed by atoms with van der Waals surface area (Å²) in [6.45, 7) is 0. The summed E-state index contributed by atoms with van der Waals surface area (Å²) in [5.74, 6) is -0.753. The maximum absolute atomic E-state index is 10.1. The Morgan fingerprint density at radius 1 is 1.90 bits per heavy atom. The maximum Gasteiger partial charge on any atom is 0.303 e. The summed E-state index contributed by atoms with van der Waals surface area (Å²) in [5, 5.41) is 11.2. The van der Waals surface area contributed by atoms with Gasteiger partial charge in [-0.3, -0.25) is 9.48 Å². The highest BCUT2D eigenvalue weighted by Gasteiger charge is 2.01. The molecule has 0 fully saturated rings. The largest absolute Gasteiger partial charge is 0.481 e. The number of aliphatic carboxylic acids is 1. The molecule has 0 aliphatic heterocycles. The van der Waals surface area contributed by atoms with Gasteiger partial charge in [-0.2, -0.15) is 0 Å². The van der Waals surface area contributed by atoms with Crippen molar-refractivity contribution in [3.63, 3.8) is 0 Å². The molecule has 0 aromatic carbocycles. The highest BCUT2D eigenvalue weighted by molar-refractivity contribution is 5.66. The average Bonchev–Trinajstić information content (AvgIpc) is 1.77. The number of carboxylic acid groups (broad SMARTS) is 1. The van der Waals surface area contributed by atoms with E-state index >= 15 is 0 Å². The van der Waals surface area contributed by atoms with Crippen LogP contribution < -0.4 is 0 Å². The molecule has 1 aromatic heterocycles. The molecule has 2 N–H and O–H groups in total. The summed E-state index contributed by atoms with van der Waals surface area (Å²) in [6, 6.07) is 0. The van der Waals surface area contributed by atoms with E-state index in [1.807, 2.05) is 13.2 Å². The van der Waals surface area contributed by atoms with Crippen LogP contribution >= 0.6 is 0 Å². The van der Waals surface area contributed by atoms with Gasteiger partial charge in [-0.25, -0.2) is 0 Å². The van der Waals surface area contributed by atoms with Crippen molar-refractivity contribution < 1.29 is 9.90 Å². The van der Waals surface area contributed by atoms with E-state index in [1.165, 1.54) is 0 Å². The van der Waals surface area contributed by atoms with Crippen molar-refractivity contribution >= 4 is 5.97 Å². The smallest absolute Gasteiger partial charge is 0.303 e. The first-order valence-corrected chi connectivity index (χ1v) is 3.10. The van der Waals surface area contributed by atoms with Crippen LogP contribution in [-0.4, -0.2) is 20.9 Å². The van der Waals surface area contributed by atoms with E-state index < -0.39 is 5.97 Å². The molecular formula is C6H10N2O2. The van der Waals surface area contributed by atoms with Gasteiger partial charge in [0.05, 0.1) is 6.42 Å². The lowest BCUT2D eigenvalue weighted by Gasteiger charge is -2.09. The zero-order chi connectivity index (χ0) is 7.56. The standard InChI is InChI=1S/C6H10N2O2/c1-8-4-5(7-8)2-3-6(9)10/h4,7H,2-3H2,1H3,(H,9,10). The predicted molar refractivity (Wildman–Crippen MR) is 35.7 cm³/mol. The minimum Gasteiger partial charge on any atom is -0.481 e. The molecule has 0 atom stereocenters. The summed E-state index contributed by atoms with van der Waals surface area (Å²) < 4.78 is 1.79. The number of carbonyl (C=O) groups is 1. The van der Waals surface area contributed by atoms with Crippen molar-refractivity contribution in [2.24, 2.45) is 7.05 Å². The van der Waals surface area contributed by atoms with Gasteiger partial charge in [0.2, 0.25) is 0 Å². The minimum absolute atomic E-state index is 0.201. The summed E-state index contributed by atoms with van der Waals surface area (Å²) in [7, 11) is 1.87. The molecule has 0 bridgehead atoms. The number of aromatic amines is 1. The Morgan fingerprint density at radius 3 is 2.90 bits per heavy atom. The second kappa shape index (κ2) is 2.60. The third kappa shape index (κ3) is 1.65. The molecule has 56 valence electrons. The van der Waals surface area contributed by atoms with Gasteiger partial charge in [0.15, 0.2) is 0 Å². The predicted octanol–water partition coefficient (Wildman–Crippen LogP) is 0.370.